The molecule has 0 bridgehead atoms. The molecule has 1 fully saturated rings. The van der Waals surface area contributed by atoms with Crippen LogP contribution in [0.1, 0.15) is 44.0 Å². The molecule has 2 rings (SSSR count). The number of carboxylic acids is 1. The van der Waals surface area contributed by atoms with Crippen LogP contribution in [-0.4, -0.2) is 24.2 Å². The molecule has 1 aliphatic rings. The van der Waals surface area contributed by atoms with Crippen LogP contribution in [0.2, 0.25) is 0 Å². The van der Waals surface area contributed by atoms with Gasteiger partial charge in [-0.25, -0.2) is 9.18 Å². The maximum absolute atomic E-state index is 14.0. The predicted octanol–water partition coefficient (Wildman–Crippen LogP) is 3.79. The van der Waals surface area contributed by atoms with Crippen molar-refractivity contribution in [1.29, 1.82) is 0 Å². The Morgan fingerprint density at radius 3 is 2.35 bits per heavy atom. The first kappa shape index (κ1) is 14.8. The lowest BCUT2D eigenvalue weighted by atomic mass is 9.75. The molecule has 110 valence electrons. The maximum atomic E-state index is 14.0. The molecule has 1 saturated heterocycles. The monoisotopic (exact) mass is 279 g/mol. The number of hydrogen-bond donors (Lipinski definition) is 1. The summed E-state index contributed by atoms with van der Waals surface area (Å²) in [7, 11) is 0. The summed E-state index contributed by atoms with van der Waals surface area (Å²) in [5, 5.41) is 8.85. The molecular weight excluding hydrogens is 257 g/mol. The standard InChI is InChI=1S/C16H22FNO2/c1-16(2,3)12-6-8-18(9-7-12)14-5-4-11(15(19)20)10-13(14)17/h4-5,10,12H,6-9H2,1-3H3,(H,19,20). The number of anilines is 1. The van der Waals surface area contributed by atoms with Crippen LogP contribution in [0, 0.1) is 17.2 Å². The molecule has 4 heteroatoms. The summed E-state index contributed by atoms with van der Waals surface area (Å²) in [6.45, 7) is 8.39. The minimum atomic E-state index is -1.10. The van der Waals surface area contributed by atoms with Crippen LogP contribution in [0.3, 0.4) is 0 Å². The molecule has 0 atom stereocenters. The van der Waals surface area contributed by atoms with E-state index in [0.29, 0.717) is 11.6 Å². The van der Waals surface area contributed by atoms with E-state index in [1.807, 2.05) is 4.90 Å². The fourth-order valence-electron chi connectivity index (χ4n) is 2.88. The van der Waals surface area contributed by atoms with Gasteiger partial charge in [-0.05, 0) is 42.4 Å². The fraction of sp³-hybridized carbons (Fsp3) is 0.562. The van der Waals surface area contributed by atoms with Crippen molar-refractivity contribution in [2.45, 2.75) is 33.6 Å². The summed E-state index contributed by atoms with van der Waals surface area (Å²) >= 11 is 0. The number of nitrogens with zero attached hydrogens (tertiary/aromatic N) is 1. The Kier molecular flexibility index (Phi) is 4.02. The van der Waals surface area contributed by atoms with Crippen molar-refractivity contribution in [2.75, 3.05) is 18.0 Å². The second-order valence-corrected chi connectivity index (χ2v) is 6.60. The molecule has 0 amide bonds. The predicted molar refractivity (Wildman–Crippen MR) is 77.8 cm³/mol. The highest BCUT2D eigenvalue weighted by Crippen LogP contribution is 2.36. The van der Waals surface area contributed by atoms with Gasteiger partial charge in [0, 0.05) is 13.1 Å². The number of rotatable bonds is 2. The first-order valence-corrected chi connectivity index (χ1v) is 7.07. The maximum Gasteiger partial charge on any atom is 0.335 e. The Labute approximate surface area is 119 Å². The molecule has 0 saturated carbocycles. The van der Waals surface area contributed by atoms with Crippen molar-refractivity contribution >= 4 is 11.7 Å². The number of halogens is 1. The average Bonchev–Trinajstić information content (AvgIpc) is 2.37. The van der Waals surface area contributed by atoms with Gasteiger partial charge in [-0.15, -0.1) is 0 Å². The number of carboxylic acid groups (broad SMARTS) is 1. The van der Waals surface area contributed by atoms with Crippen LogP contribution in [0.25, 0.3) is 0 Å². The molecule has 0 unspecified atom stereocenters. The lowest BCUT2D eigenvalue weighted by molar-refractivity contribution is 0.0696. The van der Waals surface area contributed by atoms with E-state index in [9.17, 15) is 9.18 Å². The number of aromatic carboxylic acids is 1. The number of hydrogen-bond acceptors (Lipinski definition) is 2. The molecule has 1 aromatic rings. The smallest absolute Gasteiger partial charge is 0.335 e. The topological polar surface area (TPSA) is 40.5 Å². The first-order chi connectivity index (χ1) is 9.29. The van der Waals surface area contributed by atoms with Crippen molar-refractivity contribution in [3.05, 3.63) is 29.6 Å². The van der Waals surface area contributed by atoms with Crippen LogP contribution in [0.4, 0.5) is 10.1 Å². The summed E-state index contributed by atoms with van der Waals surface area (Å²) in [6.07, 6.45) is 2.09. The van der Waals surface area contributed by atoms with Crippen LogP contribution in [0.5, 0.6) is 0 Å². The molecule has 20 heavy (non-hydrogen) atoms. The van der Waals surface area contributed by atoms with E-state index in [0.717, 1.165) is 32.0 Å². The van der Waals surface area contributed by atoms with Crippen LogP contribution in [-0.2, 0) is 0 Å². The van der Waals surface area contributed by atoms with Gasteiger partial charge in [0.1, 0.15) is 5.82 Å². The Morgan fingerprint density at radius 1 is 1.30 bits per heavy atom. The zero-order valence-electron chi connectivity index (χ0n) is 12.3. The minimum Gasteiger partial charge on any atom is -0.478 e. The molecule has 0 aromatic heterocycles. The highest BCUT2D eigenvalue weighted by atomic mass is 19.1. The molecular formula is C16H22FNO2. The fourth-order valence-corrected chi connectivity index (χ4v) is 2.88. The average molecular weight is 279 g/mol. The van der Waals surface area contributed by atoms with E-state index in [1.165, 1.54) is 6.07 Å². The van der Waals surface area contributed by atoms with E-state index < -0.39 is 11.8 Å². The molecule has 0 spiro atoms. The van der Waals surface area contributed by atoms with E-state index in [4.69, 9.17) is 5.11 Å². The van der Waals surface area contributed by atoms with Gasteiger partial charge in [-0.2, -0.15) is 0 Å². The third-order valence-electron chi connectivity index (χ3n) is 4.26. The van der Waals surface area contributed by atoms with Gasteiger partial charge in [0.25, 0.3) is 0 Å². The van der Waals surface area contributed by atoms with Crippen LogP contribution >= 0.6 is 0 Å². The summed E-state index contributed by atoms with van der Waals surface area (Å²) in [5.74, 6) is -0.888. The number of carbonyl (C=O) groups is 1. The van der Waals surface area contributed by atoms with Crippen LogP contribution < -0.4 is 4.90 Å². The summed E-state index contributed by atoms with van der Waals surface area (Å²) in [6, 6.07) is 4.15. The van der Waals surface area contributed by atoms with Gasteiger partial charge in [0.15, 0.2) is 0 Å². The van der Waals surface area contributed by atoms with Crippen molar-refractivity contribution in [3.63, 3.8) is 0 Å². The van der Waals surface area contributed by atoms with Crippen LogP contribution in [0.15, 0.2) is 18.2 Å². The van der Waals surface area contributed by atoms with Crippen molar-refractivity contribution in [2.24, 2.45) is 11.3 Å². The van der Waals surface area contributed by atoms with Gasteiger partial charge < -0.3 is 10.0 Å². The summed E-state index contributed by atoms with van der Waals surface area (Å²) < 4.78 is 14.0. The molecule has 3 nitrogen and oxygen atoms in total. The van der Waals surface area contributed by atoms with Crippen molar-refractivity contribution in [1.82, 2.24) is 0 Å². The van der Waals surface area contributed by atoms with E-state index in [-0.39, 0.29) is 11.0 Å². The largest absolute Gasteiger partial charge is 0.478 e. The number of piperidine rings is 1. The Balaban J connectivity index is 2.09. The second kappa shape index (κ2) is 5.43. The van der Waals surface area contributed by atoms with Gasteiger partial charge in [0.2, 0.25) is 0 Å². The summed E-state index contributed by atoms with van der Waals surface area (Å²) in [5.41, 5.74) is 0.802. The Hall–Kier alpha value is -1.58. The van der Waals surface area contributed by atoms with Gasteiger partial charge in [0.05, 0.1) is 11.3 Å². The van der Waals surface area contributed by atoms with Crippen molar-refractivity contribution in [3.8, 4) is 0 Å². The Morgan fingerprint density at radius 2 is 1.90 bits per heavy atom. The summed E-state index contributed by atoms with van der Waals surface area (Å²) in [4.78, 5) is 12.8. The molecule has 0 aliphatic carbocycles. The zero-order valence-corrected chi connectivity index (χ0v) is 12.3. The zero-order chi connectivity index (χ0) is 14.9. The first-order valence-electron chi connectivity index (χ1n) is 7.07. The third-order valence-corrected chi connectivity index (χ3v) is 4.26. The molecule has 1 heterocycles. The highest BCUT2D eigenvalue weighted by Gasteiger charge is 2.29. The molecule has 1 aliphatic heterocycles. The second-order valence-electron chi connectivity index (χ2n) is 6.60. The quantitative estimate of drug-likeness (QED) is 0.895. The molecule has 0 radical (unpaired) electrons. The SMILES string of the molecule is CC(C)(C)C1CCN(c2ccc(C(=O)O)cc2F)CC1. The van der Waals surface area contributed by atoms with Gasteiger partial charge in [-0.1, -0.05) is 20.8 Å². The van der Waals surface area contributed by atoms with Gasteiger partial charge in [-0.3, -0.25) is 0 Å². The minimum absolute atomic E-state index is 0.00386. The normalized spacial score (nSPS) is 17.3. The number of benzene rings is 1. The molecule has 1 N–H and O–H groups in total. The molecule has 1 aromatic carbocycles. The highest BCUT2D eigenvalue weighted by molar-refractivity contribution is 5.88. The van der Waals surface area contributed by atoms with E-state index in [2.05, 4.69) is 20.8 Å². The third kappa shape index (κ3) is 3.11. The van der Waals surface area contributed by atoms with E-state index >= 15 is 0 Å². The lowest BCUT2D eigenvalue weighted by Gasteiger charge is -2.39. The Bertz CT molecular complexity index is 500. The van der Waals surface area contributed by atoms with Gasteiger partial charge >= 0.3 is 5.97 Å². The van der Waals surface area contributed by atoms with Crippen molar-refractivity contribution < 1.29 is 14.3 Å². The lowest BCUT2D eigenvalue weighted by Crippen LogP contribution is -2.38. The van der Waals surface area contributed by atoms with E-state index in [1.54, 1.807) is 6.07 Å².